The molecule has 3 aliphatic rings. The van der Waals surface area contributed by atoms with Gasteiger partial charge in [0.1, 0.15) is 35.6 Å². The molecule has 2 aliphatic heterocycles. The summed E-state index contributed by atoms with van der Waals surface area (Å²) in [5.41, 5.74) is -3.49. The van der Waals surface area contributed by atoms with Gasteiger partial charge in [-0.3, -0.25) is 0 Å². The van der Waals surface area contributed by atoms with E-state index in [1.54, 1.807) is 0 Å². The summed E-state index contributed by atoms with van der Waals surface area (Å²) in [6.07, 6.45) is -7.88. The van der Waals surface area contributed by atoms with Crippen LogP contribution in [0.4, 0.5) is 0 Å². The van der Waals surface area contributed by atoms with E-state index >= 15 is 0 Å². The molecule has 28 heavy (non-hydrogen) atoms. The number of methoxy groups -OCH3 is 1. The molecule has 0 aromatic carbocycles. The Bertz CT molecular complexity index is 633. The maximum atomic E-state index is 12.0. The van der Waals surface area contributed by atoms with E-state index in [0.717, 1.165) is 13.4 Å². The zero-order valence-corrected chi connectivity index (χ0v) is 15.5. The highest BCUT2D eigenvalue weighted by Crippen LogP contribution is 2.52. The number of hydrogen-bond donors (Lipinski definition) is 6. The van der Waals surface area contributed by atoms with Crippen molar-refractivity contribution in [2.45, 2.75) is 68.0 Å². The Morgan fingerprint density at radius 1 is 1.18 bits per heavy atom. The van der Waals surface area contributed by atoms with Gasteiger partial charge in [0.2, 0.25) is 6.29 Å². The highest BCUT2D eigenvalue weighted by Gasteiger charge is 2.64. The molecule has 2 fully saturated rings. The Morgan fingerprint density at radius 2 is 1.86 bits per heavy atom. The Labute approximate surface area is 160 Å². The summed E-state index contributed by atoms with van der Waals surface area (Å²) < 4.78 is 20.9. The molecule has 0 radical (unpaired) electrons. The summed E-state index contributed by atoms with van der Waals surface area (Å²) in [5, 5.41) is 61.1. The van der Waals surface area contributed by atoms with Gasteiger partial charge in [0.05, 0.1) is 31.5 Å². The molecule has 0 unspecified atom stereocenters. The summed E-state index contributed by atoms with van der Waals surface area (Å²) in [6, 6.07) is 0. The molecule has 0 aromatic rings. The van der Waals surface area contributed by atoms with Gasteiger partial charge in [0.25, 0.3) is 0 Å². The predicted octanol–water partition coefficient (Wildman–Crippen LogP) is -2.89. The van der Waals surface area contributed by atoms with Crippen LogP contribution in [0, 0.1) is 5.92 Å². The maximum absolute atomic E-state index is 12.0. The molecule has 6 N–H and O–H groups in total. The lowest BCUT2D eigenvalue weighted by Crippen LogP contribution is -2.62. The van der Waals surface area contributed by atoms with Crippen LogP contribution in [0.2, 0.25) is 0 Å². The van der Waals surface area contributed by atoms with E-state index in [9.17, 15) is 35.4 Å². The van der Waals surface area contributed by atoms with E-state index in [-0.39, 0.29) is 18.4 Å². The molecule has 11 nitrogen and oxygen atoms in total. The normalized spacial score (nSPS) is 48.4. The minimum atomic E-state index is -1.81. The molecular formula is C17H26O11. The number of ether oxygens (including phenoxy) is 4. The van der Waals surface area contributed by atoms with Crippen LogP contribution in [0.25, 0.3) is 0 Å². The molecule has 9 atom stereocenters. The van der Waals surface area contributed by atoms with Crippen LogP contribution in [0.1, 0.15) is 19.8 Å². The summed E-state index contributed by atoms with van der Waals surface area (Å²) in [6.45, 7) is 0.802. The van der Waals surface area contributed by atoms with Gasteiger partial charge in [-0.25, -0.2) is 4.79 Å². The van der Waals surface area contributed by atoms with Gasteiger partial charge in [0.15, 0.2) is 6.29 Å². The standard InChI is InChI=1S/C17H26O11/c1-16(23)3-4-17(24)7(13(22)25-2)6-26-15(12(16)17)28-14-11(21)10(20)9(19)8(5-18)27-14/h6,8-12,14-15,18-21,23-24H,3-5H2,1-2H3/t8-,9-,10+,11-,12+,14+,15-,16-,17-/m1/s1. The average Bonchev–Trinajstić information content (AvgIpc) is 2.92. The van der Waals surface area contributed by atoms with Gasteiger partial charge < -0.3 is 49.6 Å². The predicted molar refractivity (Wildman–Crippen MR) is 88.1 cm³/mol. The topological polar surface area (TPSA) is 175 Å². The van der Waals surface area contributed by atoms with Gasteiger partial charge in [-0.15, -0.1) is 0 Å². The van der Waals surface area contributed by atoms with Crippen molar-refractivity contribution in [1.29, 1.82) is 0 Å². The van der Waals surface area contributed by atoms with Crippen LogP contribution in [-0.4, -0.2) is 98.5 Å². The molecule has 1 saturated heterocycles. The van der Waals surface area contributed by atoms with Gasteiger partial charge in [-0.1, -0.05) is 0 Å². The number of fused-ring (bicyclic) bond motifs is 1. The molecule has 3 rings (SSSR count). The van der Waals surface area contributed by atoms with E-state index < -0.39 is 66.7 Å². The van der Waals surface area contributed by atoms with Crippen LogP contribution < -0.4 is 0 Å². The lowest BCUT2D eigenvalue weighted by molar-refractivity contribution is -0.351. The van der Waals surface area contributed by atoms with Crippen LogP contribution in [-0.2, 0) is 23.7 Å². The van der Waals surface area contributed by atoms with E-state index in [4.69, 9.17) is 14.2 Å². The lowest BCUT2D eigenvalue weighted by Gasteiger charge is -2.46. The second-order valence-electron chi connectivity index (χ2n) is 7.62. The average molecular weight is 406 g/mol. The number of rotatable bonds is 4. The fraction of sp³-hybridized carbons (Fsp3) is 0.824. The molecule has 11 heteroatoms. The first-order valence-electron chi connectivity index (χ1n) is 8.92. The smallest absolute Gasteiger partial charge is 0.339 e. The van der Waals surface area contributed by atoms with Gasteiger partial charge >= 0.3 is 5.97 Å². The van der Waals surface area contributed by atoms with Crippen molar-refractivity contribution in [2.24, 2.45) is 5.92 Å². The first-order valence-corrected chi connectivity index (χ1v) is 8.92. The number of hydrogen-bond acceptors (Lipinski definition) is 11. The Hall–Kier alpha value is -1.31. The molecule has 0 aromatic heterocycles. The molecule has 0 amide bonds. The Morgan fingerprint density at radius 3 is 2.46 bits per heavy atom. The largest absolute Gasteiger partial charge is 0.471 e. The van der Waals surface area contributed by atoms with Crippen molar-refractivity contribution >= 4 is 5.97 Å². The second-order valence-corrected chi connectivity index (χ2v) is 7.62. The number of aliphatic hydroxyl groups excluding tert-OH is 4. The van der Waals surface area contributed by atoms with E-state index in [0.29, 0.717) is 0 Å². The maximum Gasteiger partial charge on any atom is 0.339 e. The van der Waals surface area contributed by atoms with Crippen LogP contribution in [0.15, 0.2) is 11.8 Å². The van der Waals surface area contributed by atoms with E-state index in [1.807, 2.05) is 0 Å². The fourth-order valence-corrected chi connectivity index (χ4v) is 4.16. The summed E-state index contributed by atoms with van der Waals surface area (Å²) in [4.78, 5) is 12.0. The molecule has 1 aliphatic carbocycles. The first-order chi connectivity index (χ1) is 13.1. The van der Waals surface area contributed by atoms with Crippen LogP contribution in [0.5, 0.6) is 0 Å². The highest BCUT2D eigenvalue weighted by molar-refractivity contribution is 5.90. The third-order valence-corrected chi connectivity index (χ3v) is 5.78. The Kier molecular flexibility index (Phi) is 5.73. The molecule has 0 bridgehead atoms. The molecule has 160 valence electrons. The van der Waals surface area contributed by atoms with E-state index in [1.165, 1.54) is 6.92 Å². The number of carbonyl (C=O) groups is 1. The summed E-state index contributed by atoms with van der Waals surface area (Å²) in [5.74, 6) is -1.97. The van der Waals surface area contributed by atoms with Crippen molar-refractivity contribution in [1.82, 2.24) is 0 Å². The van der Waals surface area contributed by atoms with E-state index in [2.05, 4.69) is 4.74 Å². The van der Waals surface area contributed by atoms with Gasteiger partial charge in [0, 0.05) is 0 Å². The summed E-state index contributed by atoms with van der Waals surface area (Å²) in [7, 11) is 1.14. The first kappa shape index (κ1) is 21.4. The zero-order chi connectivity index (χ0) is 20.9. The van der Waals surface area contributed by atoms with Crippen molar-refractivity contribution in [2.75, 3.05) is 13.7 Å². The van der Waals surface area contributed by atoms with Crippen molar-refractivity contribution in [3.63, 3.8) is 0 Å². The fourth-order valence-electron chi connectivity index (χ4n) is 4.16. The van der Waals surface area contributed by atoms with Crippen molar-refractivity contribution < 1.29 is 54.4 Å². The van der Waals surface area contributed by atoms with Crippen molar-refractivity contribution in [3.8, 4) is 0 Å². The quantitative estimate of drug-likeness (QED) is 0.264. The highest BCUT2D eigenvalue weighted by atomic mass is 16.8. The molecular weight excluding hydrogens is 380 g/mol. The lowest BCUT2D eigenvalue weighted by atomic mass is 9.77. The monoisotopic (exact) mass is 406 g/mol. The SMILES string of the molecule is COC(=O)C1=CO[C@H](O[C@@H]2O[C@H](CO)[C@@H](O)[C@H](O)[C@H]2O)[C@@H]2[C@@]1(O)CC[C@@]2(C)O. The number of carbonyl (C=O) groups excluding carboxylic acids is 1. The number of esters is 1. The third kappa shape index (κ3) is 3.31. The molecule has 1 saturated carbocycles. The minimum absolute atomic E-state index is 0.0313. The summed E-state index contributed by atoms with van der Waals surface area (Å²) >= 11 is 0. The van der Waals surface area contributed by atoms with Crippen LogP contribution >= 0.6 is 0 Å². The zero-order valence-electron chi connectivity index (χ0n) is 15.5. The minimum Gasteiger partial charge on any atom is -0.471 e. The molecule has 0 spiro atoms. The molecule has 2 heterocycles. The van der Waals surface area contributed by atoms with Gasteiger partial charge in [-0.2, -0.15) is 0 Å². The van der Waals surface area contributed by atoms with Crippen molar-refractivity contribution in [3.05, 3.63) is 11.8 Å². The second kappa shape index (κ2) is 7.50. The Balaban J connectivity index is 1.88. The van der Waals surface area contributed by atoms with Crippen LogP contribution in [0.3, 0.4) is 0 Å². The third-order valence-electron chi connectivity index (χ3n) is 5.78. The number of aliphatic hydroxyl groups is 6. The van der Waals surface area contributed by atoms with Gasteiger partial charge in [-0.05, 0) is 19.8 Å².